The molecule has 0 bridgehead atoms. The van der Waals surface area contributed by atoms with Crippen molar-refractivity contribution >= 4 is 21.7 Å². The Hall–Kier alpha value is -1.04. The minimum absolute atomic E-state index is 0.495. The molecule has 4 nitrogen and oxygen atoms in total. The molecule has 1 aliphatic heterocycles. The molecule has 2 heterocycles. The van der Waals surface area contributed by atoms with E-state index in [1.54, 1.807) is 0 Å². The van der Waals surface area contributed by atoms with E-state index in [1.807, 2.05) is 0 Å². The number of nitrogens with zero attached hydrogens (tertiary/aromatic N) is 3. The lowest BCUT2D eigenvalue weighted by atomic mass is 10.00. The number of fused-ring (bicyclic) bond motifs is 1. The van der Waals surface area contributed by atoms with Gasteiger partial charge in [-0.05, 0) is 55.2 Å². The van der Waals surface area contributed by atoms with Crippen molar-refractivity contribution in [3.8, 4) is 0 Å². The lowest BCUT2D eigenvalue weighted by Crippen LogP contribution is -2.20. The molecule has 1 aromatic carbocycles. The average Bonchev–Trinajstić information content (AvgIpc) is 2.93. The maximum Gasteiger partial charge on any atom is 0.105 e. The van der Waals surface area contributed by atoms with Crippen molar-refractivity contribution in [3.63, 3.8) is 0 Å². The number of nitrogens with two attached hydrogens (primary N) is 1. The second-order valence-electron chi connectivity index (χ2n) is 4.79. The minimum Gasteiger partial charge on any atom is -0.330 e. The summed E-state index contributed by atoms with van der Waals surface area (Å²) >= 11 is 1.46. The SMILES string of the molecule is CN1CC(CN)CC1c1ccc2nnsc2c1. The third-order valence-electron chi connectivity index (χ3n) is 3.62. The number of hydrogen-bond acceptors (Lipinski definition) is 5. The van der Waals surface area contributed by atoms with E-state index in [0.717, 1.165) is 25.0 Å². The molecule has 3 rings (SSSR count). The van der Waals surface area contributed by atoms with Gasteiger partial charge in [0.15, 0.2) is 0 Å². The highest BCUT2D eigenvalue weighted by Crippen LogP contribution is 2.34. The lowest BCUT2D eigenvalue weighted by molar-refractivity contribution is 0.314. The molecule has 2 unspecified atom stereocenters. The smallest absolute Gasteiger partial charge is 0.105 e. The van der Waals surface area contributed by atoms with Gasteiger partial charge in [0, 0.05) is 12.6 Å². The van der Waals surface area contributed by atoms with Crippen molar-refractivity contribution in [2.45, 2.75) is 12.5 Å². The quantitative estimate of drug-likeness (QED) is 0.878. The first-order valence-corrected chi connectivity index (χ1v) is 6.67. The van der Waals surface area contributed by atoms with Gasteiger partial charge in [-0.3, -0.25) is 4.90 Å². The highest BCUT2D eigenvalue weighted by Gasteiger charge is 2.29. The van der Waals surface area contributed by atoms with Crippen LogP contribution < -0.4 is 5.73 Å². The van der Waals surface area contributed by atoms with Gasteiger partial charge < -0.3 is 5.73 Å². The Bertz CT molecular complexity index is 524. The molecule has 5 heteroatoms. The zero-order valence-electron chi connectivity index (χ0n) is 9.84. The lowest BCUT2D eigenvalue weighted by Gasteiger charge is -2.19. The molecule has 0 aliphatic carbocycles. The molecule has 0 radical (unpaired) electrons. The zero-order chi connectivity index (χ0) is 11.8. The fourth-order valence-corrected chi connectivity index (χ4v) is 3.28. The molecule has 90 valence electrons. The highest BCUT2D eigenvalue weighted by molar-refractivity contribution is 7.12. The summed E-state index contributed by atoms with van der Waals surface area (Å²) in [5, 5.41) is 4.07. The summed E-state index contributed by atoms with van der Waals surface area (Å²) in [7, 11) is 2.18. The molecule has 0 spiro atoms. The Labute approximate surface area is 105 Å². The van der Waals surface area contributed by atoms with Crippen LogP contribution in [0.15, 0.2) is 18.2 Å². The molecule has 2 aromatic rings. The molecule has 1 saturated heterocycles. The molecular weight excluding hydrogens is 232 g/mol. The molecule has 17 heavy (non-hydrogen) atoms. The van der Waals surface area contributed by atoms with E-state index in [4.69, 9.17) is 5.73 Å². The molecule has 0 amide bonds. The zero-order valence-corrected chi connectivity index (χ0v) is 10.7. The van der Waals surface area contributed by atoms with Crippen LogP contribution in [0.3, 0.4) is 0 Å². The van der Waals surface area contributed by atoms with Gasteiger partial charge in [-0.2, -0.15) is 0 Å². The van der Waals surface area contributed by atoms with Gasteiger partial charge in [0.05, 0.1) is 4.70 Å². The number of rotatable bonds is 2. The third-order valence-corrected chi connectivity index (χ3v) is 4.31. The highest BCUT2D eigenvalue weighted by atomic mass is 32.1. The minimum atomic E-state index is 0.495. The fourth-order valence-electron chi connectivity index (χ4n) is 2.67. The Balaban J connectivity index is 1.92. The van der Waals surface area contributed by atoms with Crippen LogP contribution in [0.4, 0.5) is 0 Å². The molecule has 1 aromatic heterocycles. The first-order valence-electron chi connectivity index (χ1n) is 5.90. The van der Waals surface area contributed by atoms with E-state index in [9.17, 15) is 0 Å². The van der Waals surface area contributed by atoms with Crippen molar-refractivity contribution < 1.29 is 0 Å². The van der Waals surface area contributed by atoms with Crippen LogP contribution in [0.1, 0.15) is 18.0 Å². The van der Waals surface area contributed by atoms with Gasteiger partial charge in [-0.25, -0.2) is 0 Å². The summed E-state index contributed by atoms with van der Waals surface area (Å²) in [6, 6.07) is 6.96. The molecule has 0 saturated carbocycles. The third kappa shape index (κ3) is 1.94. The largest absolute Gasteiger partial charge is 0.330 e. The van der Waals surface area contributed by atoms with Gasteiger partial charge >= 0.3 is 0 Å². The summed E-state index contributed by atoms with van der Waals surface area (Å²) < 4.78 is 5.15. The second kappa shape index (κ2) is 4.33. The van der Waals surface area contributed by atoms with Crippen LogP contribution in [0.25, 0.3) is 10.2 Å². The number of aromatic nitrogens is 2. The Morgan fingerprint density at radius 2 is 2.41 bits per heavy atom. The van der Waals surface area contributed by atoms with E-state index >= 15 is 0 Å². The van der Waals surface area contributed by atoms with Crippen molar-refractivity contribution in [2.24, 2.45) is 11.7 Å². The number of benzene rings is 1. The summed E-state index contributed by atoms with van der Waals surface area (Å²) in [6.07, 6.45) is 1.16. The van der Waals surface area contributed by atoms with Crippen molar-refractivity contribution in [2.75, 3.05) is 20.1 Å². The summed E-state index contributed by atoms with van der Waals surface area (Å²) in [4.78, 5) is 2.40. The van der Waals surface area contributed by atoms with Gasteiger partial charge in [-0.15, -0.1) is 5.10 Å². The number of hydrogen-bond donors (Lipinski definition) is 1. The van der Waals surface area contributed by atoms with E-state index in [0.29, 0.717) is 12.0 Å². The van der Waals surface area contributed by atoms with Crippen molar-refractivity contribution in [1.82, 2.24) is 14.5 Å². The molecular formula is C12H16N4S. The van der Waals surface area contributed by atoms with Gasteiger partial charge in [0.1, 0.15) is 5.52 Å². The van der Waals surface area contributed by atoms with E-state index in [-0.39, 0.29) is 0 Å². The Morgan fingerprint density at radius 1 is 1.53 bits per heavy atom. The van der Waals surface area contributed by atoms with Gasteiger partial charge in [0.2, 0.25) is 0 Å². The van der Waals surface area contributed by atoms with Crippen LogP contribution in [-0.4, -0.2) is 34.6 Å². The monoisotopic (exact) mass is 248 g/mol. The molecule has 2 atom stereocenters. The first-order chi connectivity index (χ1) is 8.28. The van der Waals surface area contributed by atoms with Crippen LogP contribution in [0, 0.1) is 5.92 Å². The average molecular weight is 248 g/mol. The Morgan fingerprint density at radius 3 is 3.18 bits per heavy atom. The van der Waals surface area contributed by atoms with Gasteiger partial charge in [-0.1, -0.05) is 10.6 Å². The predicted molar refractivity (Wildman–Crippen MR) is 69.9 cm³/mol. The number of likely N-dealkylation sites (tertiary alicyclic amines) is 1. The predicted octanol–water partition coefficient (Wildman–Crippen LogP) is 1.64. The molecule has 1 aliphatic rings. The maximum atomic E-state index is 5.77. The van der Waals surface area contributed by atoms with Crippen LogP contribution >= 0.6 is 11.5 Å². The second-order valence-corrected chi connectivity index (χ2v) is 5.58. The standard InChI is InChI=1S/C12H16N4S/c1-16-7-8(6-13)4-11(16)9-2-3-10-12(5-9)17-15-14-10/h2-3,5,8,11H,4,6-7,13H2,1H3. The van der Waals surface area contributed by atoms with Crippen molar-refractivity contribution in [3.05, 3.63) is 23.8 Å². The molecule has 1 fully saturated rings. The molecule has 2 N–H and O–H groups in total. The van der Waals surface area contributed by atoms with Gasteiger partial charge in [0.25, 0.3) is 0 Å². The summed E-state index contributed by atoms with van der Waals surface area (Å²) in [5.41, 5.74) is 8.12. The first kappa shape index (κ1) is 11.1. The van der Waals surface area contributed by atoms with E-state index in [2.05, 4.69) is 39.7 Å². The topological polar surface area (TPSA) is 55.0 Å². The summed E-state index contributed by atoms with van der Waals surface area (Å²) in [5.74, 6) is 0.625. The maximum absolute atomic E-state index is 5.77. The fraction of sp³-hybridized carbons (Fsp3) is 0.500. The van der Waals surface area contributed by atoms with Crippen LogP contribution in [0.5, 0.6) is 0 Å². The van der Waals surface area contributed by atoms with Crippen LogP contribution in [0.2, 0.25) is 0 Å². The normalized spacial score (nSPS) is 25.8. The summed E-state index contributed by atoms with van der Waals surface area (Å²) in [6.45, 7) is 1.88. The van der Waals surface area contributed by atoms with E-state index in [1.165, 1.54) is 21.8 Å². The van der Waals surface area contributed by atoms with Crippen molar-refractivity contribution in [1.29, 1.82) is 0 Å². The van der Waals surface area contributed by atoms with Crippen LogP contribution in [-0.2, 0) is 0 Å². The van der Waals surface area contributed by atoms with E-state index < -0.39 is 0 Å². The Kier molecular flexibility index (Phi) is 2.82.